The van der Waals surface area contributed by atoms with Crippen LogP contribution in [-0.4, -0.2) is 57.0 Å². The molecule has 1 unspecified atom stereocenters. The number of carbonyl (C=O) groups excluding carboxylic acids is 1. The van der Waals surface area contributed by atoms with Gasteiger partial charge in [0.1, 0.15) is 5.69 Å². The molecular weight excluding hydrogens is 494 g/mol. The number of carbonyl (C=O) groups is 1. The highest BCUT2D eigenvalue weighted by Gasteiger charge is 2.20. The predicted octanol–water partition coefficient (Wildman–Crippen LogP) is 3.20. The Balaban J connectivity index is 1.65. The Bertz CT molecular complexity index is 1280. The third-order valence-corrected chi connectivity index (χ3v) is 6.32. The number of hydrogen-bond donors (Lipinski definition) is 3. The van der Waals surface area contributed by atoms with Gasteiger partial charge in [-0.05, 0) is 55.3 Å². The highest BCUT2D eigenvalue weighted by atomic mass is 32.2. The standard InChI is InChI=1S/C26H31N5O5S/c1-17(2)36-26-24(31-7-9-35-10-8-31)12-20(15-29-26)23-13-21(4-3-19(23)14-27)30-25(32)18-5-6-28-22(11-18)16-37(33)34/h3-6,11-13,15,17H,7-10,14,16,27H2,1-2H3,(H,30,32)(H,33,34). The average Bonchev–Trinajstić information content (AvgIpc) is 2.89. The van der Waals surface area contributed by atoms with Crippen molar-refractivity contribution in [3.63, 3.8) is 0 Å². The van der Waals surface area contributed by atoms with Gasteiger partial charge in [0.2, 0.25) is 5.88 Å². The monoisotopic (exact) mass is 525 g/mol. The van der Waals surface area contributed by atoms with Crippen molar-refractivity contribution in [2.75, 3.05) is 36.5 Å². The van der Waals surface area contributed by atoms with Crippen LogP contribution >= 0.6 is 0 Å². The number of aromatic nitrogens is 2. The lowest BCUT2D eigenvalue weighted by Crippen LogP contribution is -2.36. The number of morpholine rings is 1. The lowest BCUT2D eigenvalue weighted by atomic mass is 9.99. The van der Waals surface area contributed by atoms with E-state index in [2.05, 4.69) is 20.2 Å². The van der Waals surface area contributed by atoms with Crippen molar-refractivity contribution in [3.05, 3.63) is 65.6 Å². The molecule has 1 aliphatic heterocycles. The van der Waals surface area contributed by atoms with E-state index in [-0.39, 0.29) is 17.8 Å². The lowest BCUT2D eigenvalue weighted by molar-refractivity contribution is 0.102. The summed E-state index contributed by atoms with van der Waals surface area (Å²) in [5, 5.41) is 2.90. The minimum absolute atomic E-state index is 0.0256. The molecule has 1 saturated heterocycles. The molecule has 4 N–H and O–H groups in total. The molecule has 11 heteroatoms. The van der Waals surface area contributed by atoms with Gasteiger partial charge in [0.15, 0.2) is 11.1 Å². The van der Waals surface area contributed by atoms with Gasteiger partial charge in [-0.3, -0.25) is 9.78 Å². The van der Waals surface area contributed by atoms with Gasteiger partial charge in [-0.15, -0.1) is 0 Å². The fourth-order valence-corrected chi connectivity index (χ4v) is 4.47. The Hall–Kier alpha value is -3.38. The maximum absolute atomic E-state index is 12.9. The molecule has 1 amide bonds. The molecule has 0 spiro atoms. The smallest absolute Gasteiger partial charge is 0.255 e. The van der Waals surface area contributed by atoms with Crippen LogP contribution in [0.15, 0.2) is 48.8 Å². The molecule has 3 heterocycles. The van der Waals surface area contributed by atoms with Gasteiger partial charge >= 0.3 is 0 Å². The zero-order chi connectivity index (χ0) is 26.4. The Morgan fingerprint density at radius 1 is 1.22 bits per heavy atom. The molecule has 196 valence electrons. The summed E-state index contributed by atoms with van der Waals surface area (Å²) in [5.74, 6) is 0.0641. The van der Waals surface area contributed by atoms with E-state index in [1.807, 2.05) is 32.0 Å². The molecule has 0 radical (unpaired) electrons. The summed E-state index contributed by atoms with van der Waals surface area (Å²) in [7, 11) is 0. The van der Waals surface area contributed by atoms with Crippen molar-refractivity contribution in [2.45, 2.75) is 32.2 Å². The summed E-state index contributed by atoms with van der Waals surface area (Å²) >= 11 is -2.04. The molecular formula is C26H31N5O5S. The van der Waals surface area contributed by atoms with Gasteiger partial charge in [-0.1, -0.05) is 6.07 Å². The summed E-state index contributed by atoms with van der Waals surface area (Å²) in [6.07, 6.45) is 3.17. The molecule has 0 aliphatic carbocycles. The van der Waals surface area contributed by atoms with Gasteiger partial charge in [-0.25, -0.2) is 9.19 Å². The number of nitrogens with two attached hydrogens (primary N) is 1. The topological polar surface area (TPSA) is 140 Å². The van der Waals surface area contributed by atoms with Crippen LogP contribution < -0.4 is 20.7 Å². The first-order valence-electron chi connectivity index (χ1n) is 12.0. The Labute approximate surface area is 218 Å². The number of amides is 1. The second-order valence-electron chi connectivity index (χ2n) is 8.85. The SMILES string of the molecule is CC(C)Oc1ncc(-c2cc(NC(=O)c3ccnc(CS(=O)O)c3)ccc2CN)cc1N1CCOCC1. The van der Waals surface area contributed by atoms with Gasteiger partial charge in [0.25, 0.3) is 5.91 Å². The van der Waals surface area contributed by atoms with Crippen molar-refractivity contribution in [1.82, 2.24) is 9.97 Å². The van der Waals surface area contributed by atoms with E-state index in [9.17, 15) is 9.00 Å². The largest absolute Gasteiger partial charge is 0.473 e. The van der Waals surface area contributed by atoms with Crippen LogP contribution in [0.25, 0.3) is 11.1 Å². The van der Waals surface area contributed by atoms with E-state index in [0.717, 1.165) is 35.5 Å². The number of anilines is 2. The van der Waals surface area contributed by atoms with Crippen LogP contribution in [-0.2, 0) is 28.1 Å². The molecule has 1 atom stereocenters. The Kier molecular flexibility index (Phi) is 8.82. The van der Waals surface area contributed by atoms with Crippen molar-refractivity contribution < 1.29 is 23.0 Å². The number of nitrogens with one attached hydrogen (secondary N) is 1. The Morgan fingerprint density at radius 2 is 2.00 bits per heavy atom. The number of nitrogens with zero attached hydrogens (tertiary/aromatic N) is 3. The van der Waals surface area contributed by atoms with E-state index >= 15 is 0 Å². The summed E-state index contributed by atoms with van der Waals surface area (Å²) < 4.78 is 31.7. The number of benzene rings is 1. The maximum atomic E-state index is 12.9. The van der Waals surface area contributed by atoms with E-state index in [1.165, 1.54) is 12.3 Å². The Morgan fingerprint density at radius 3 is 2.70 bits per heavy atom. The van der Waals surface area contributed by atoms with E-state index < -0.39 is 11.1 Å². The van der Waals surface area contributed by atoms with Crippen molar-refractivity contribution >= 4 is 28.4 Å². The highest BCUT2D eigenvalue weighted by Crippen LogP contribution is 2.35. The lowest BCUT2D eigenvalue weighted by Gasteiger charge is -2.30. The summed E-state index contributed by atoms with van der Waals surface area (Å²) in [6.45, 7) is 6.97. The molecule has 0 bridgehead atoms. The molecule has 37 heavy (non-hydrogen) atoms. The molecule has 1 aliphatic rings. The van der Waals surface area contributed by atoms with Crippen LogP contribution in [0, 0.1) is 0 Å². The molecule has 1 fully saturated rings. The summed E-state index contributed by atoms with van der Waals surface area (Å²) in [6, 6.07) is 10.6. The number of ether oxygens (including phenoxy) is 2. The number of hydrogen-bond acceptors (Lipinski definition) is 8. The van der Waals surface area contributed by atoms with Crippen molar-refractivity contribution in [3.8, 4) is 17.0 Å². The predicted molar refractivity (Wildman–Crippen MR) is 143 cm³/mol. The van der Waals surface area contributed by atoms with Crippen LogP contribution in [0.2, 0.25) is 0 Å². The van der Waals surface area contributed by atoms with Crippen LogP contribution in [0.5, 0.6) is 5.88 Å². The van der Waals surface area contributed by atoms with Gasteiger partial charge in [-0.2, -0.15) is 0 Å². The molecule has 2 aromatic heterocycles. The van der Waals surface area contributed by atoms with Gasteiger partial charge in [0, 0.05) is 48.8 Å². The quantitative estimate of drug-likeness (QED) is 0.359. The second-order valence-corrected chi connectivity index (χ2v) is 9.78. The molecule has 1 aromatic carbocycles. The normalized spacial score (nSPS) is 14.5. The summed E-state index contributed by atoms with van der Waals surface area (Å²) in [5.41, 5.74) is 10.8. The van der Waals surface area contributed by atoms with E-state index in [0.29, 0.717) is 42.6 Å². The minimum Gasteiger partial charge on any atom is -0.473 e. The first-order chi connectivity index (χ1) is 17.8. The summed E-state index contributed by atoms with van der Waals surface area (Å²) in [4.78, 5) is 23.8. The highest BCUT2D eigenvalue weighted by molar-refractivity contribution is 7.78. The molecule has 3 aromatic rings. The molecule has 4 rings (SSSR count). The van der Waals surface area contributed by atoms with Crippen LogP contribution in [0.4, 0.5) is 11.4 Å². The van der Waals surface area contributed by atoms with E-state index in [1.54, 1.807) is 18.3 Å². The number of rotatable bonds is 9. The fraction of sp³-hybridized carbons (Fsp3) is 0.346. The van der Waals surface area contributed by atoms with Crippen LogP contribution in [0.3, 0.4) is 0 Å². The molecule has 0 saturated carbocycles. The van der Waals surface area contributed by atoms with Crippen molar-refractivity contribution in [1.29, 1.82) is 0 Å². The van der Waals surface area contributed by atoms with Crippen LogP contribution in [0.1, 0.15) is 35.5 Å². The minimum atomic E-state index is -2.04. The zero-order valence-electron chi connectivity index (χ0n) is 20.8. The first kappa shape index (κ1) is 26.7. The van der Waals surface area contributed by atoms with Crippen molar-refractivity contribution in [2.24, 2.45) is 5.73 Å². The van der Waals surface area contributed by atoms with Gasteiger partial charge in [0.05, 0.1) is 30.8 Å². The first-order valence-corrected chi connectivity index (χ1v) is 13.3. The third kappa shape index (κ3) is 6.89. The average molecular weight is 526 g/mol. The fourth-order valence-electron chi connectivity index (χ4n) is 4.06. The third-order valence-electron chi connectivity index (χ3n) is 5.78. The maximum Gasteiger partial charge on any atom is 0.255 e. The zero-order valence-corrected chi connectivity index (χ0v) is 21.7. The number of pyridine rings is 2. The molecule has 10 nitrogen and oxygen atoms in total. The second kappa shape index (κ2) is 12.2. The van der Waals surface area contributed by atoms with E-state index in [4.69, 9.17) is 19.8 Å². The van der Waals surface area contributed by atoms with Gasteiger partial charge < -0.3 is 30.0 Å².